The van der Waals surface area contributed by atoms with Crippen molar-refractivity contribution in [2.75, 3.05) is 16.8 Å². The van der Waals surface area contributed by atoms with Crippen molar-refractivity contribution in [3.8, 4) is 0 Å². The van der Waals surface area contributed by atoms with Gasteiger partial charge in [0.1, 0.15) is 6.04 Å². The highest BCUT2D eigenvalue weighted by atomic mass is 16.2. The second kappa shape index (κ2) is 9.42. The van der Waals surface area contributed by atoms with Gasteiger partial charge in [-0.25, -0.2) is 0 Å². The van der Waals surface area contributed by atoms with E-state index < -0.39 is 6.04 Å². The molecule has 0 bridgehead atoms. The van der Waals surface area contributed by atoms with Crippen LogP contribution in [0.1, 0.15) is 49.4 Å². The minimum absolute atomic E-state index is 0.0307. The van der Waals surface area contributed by atoms with Crippen LogP contribution >= 0.6 is 0 Å². The number of anilines is 2. The Morgan fingerprint density at radius 1 is 0.897 bits per heavy atom. The zero-order valence-corrected chi connectivity index (χ0v) is 17.7. The Bertz CT molecular complexity index is 932. The van der Waals surface area contributed by atoms with Crippen LogP contribution in [0.3, 0.4) is 0 Å². The summed E-state index contributed by atoms with van der Waals surface area (Å²) < 4.78 is 0. The van der Waals surface area contributed by atoms with Crippen LogP contribution in [-0.2, 0) is 4.79 Å². The highest BCUT2D eigenvalue weighted by molar-refractivity contribution is 5.97. The molecule has 29 heavy (non-hydrogen) atoms. The number of carbonyl (C=O) groups excluding carboxylic acids is 1. The Balaban J connectivity index is 1.93. The van der Waals surface area contributed by atoms with Crippen molar-refractivity contribution in [3.05, 3.63) is 95.6 Å². The molecule has 0 aromatic heterocycles. The zero-order valence-electron chi connectivity index (χ0n) is 17.7. The summed E-state index contributed by atoms with van der Waals surface area (Å²) in [6, 6.07) is 26.0. The van der Waals surface area contributed by atoms with Crippen LogP contribution in [0.4, 0.5) is 11.4 Å². The van der Waals surface area contributed by atoms with Crippen LogP contribution in [0.2, 0.25) is 0 Å². The Morgan fingerprint density at radius 3 is 2.17 bits per heavy atom. The first-order valence-electron chi connectivity index (χ1n) is 10.3. The van der Waals surface area contributed by atoms with Crippen molar-refractivity contribution in [2.24, 2.45) is 0 Å². The molecular formula is C26H30N2O. The number of likely N-dealkylation sites (N-methyl/N-ethyl adjacent to an activating group) is 1. The molecule has 0 saturated heterocycles. The third-order valence-electron chi connectivity index (χ3n) is 5.19. The fourth-order valence-electron chi connectivity index (χ4n) is 3.59. The highest BCUT2D eigenvalue weighted by Crippen LogP contribution is 2.29. The van der Waals surface area contributed by atoms with Gasteiger partial charge in [0.15, 0.2) is 0 Å². The van der Waals surface area contributed by atoms with E-state index in [2.05, 4.69) is 68.2 Å². The van der Waals surface area contributed by atoms with E-state index in [0.29, 0.717) is 5.92 Å². The number of hydrogen-bond acceptors (Lipinski definition) is 2. The number of nitrogens with zero attached hydrogens (tertiary/aromatic N) is 1. The van der Waals surface area contributed by atoms with Gasteiger partial charge in [-0.1, -0.05) is 68.4 Å². The van der Waals surface area contributed by atoms with E-state index in [0.717, 1.165) is 23.5 Å². The standard InChI is InChI=1S/C26H30N2O/c1-5-28(24-13-9-10-20(4)18-24)25(22-11-7-6-8-12-22)26(29)27-23-16-14-21(15-17-23)19(2)3/h6-19,25H,5H2,1-4H3,(H,27,29). The van der Waals surface area contributed by atoms with Crippen LogP contribution in [0.5, 0.6) is 0 Å². The number of carbonyl (C=O) groups is 1. The van der Waals surface area contributed by atoms with E-state index in [1.807, 2.05) is 48.5 Å². The van der Waals surface area contributed by atoms with Gasteiger partial charge in [0, 0.05) is 17.9 Å². The molecule has 0 aliphatic rings. The van der Waals surface area contributed by atoms with Crippen LogP contribution in [0.15, 0.2) is 78.9 Å². The monoisotopic (exact) mass is 386 g/mol. The number of rotatable bonds is 7. The summed E-state index contributed by atoms with van der Waals surface area (Å²) in [5, 5.41) is 3.13. The molecule has 3 aromatic rings. The van der Waals surface area contributed by atoms with E-state index >= 15 is 0 Å². The minimum atomic E-state index is -0.409. The van der Waals surface area contributed by atoms with Gasteiger partial charge in [-0.05, 0) is 60.7 Å². The largest absolute Gasteiger partial charge is 0.356 e. The lowest BCUT2D eigenvalue weighted by Gasteiger charge is -2.32. The molecule has 0 fully saturated rings. The van der Waals surface area contributed by atoms with Gasteiger partial charge in [-0.15, -0.1) is 0 Å². The van der Waals surface area contributed by atoms with Gasteiger partial charge < -0.3 is 10.2 Å². The second-order valence-electron chi connectivity index (χ2n) is 7.70. The summed E-state index contributed by atoms with van der Waals surface area (Å²) in [6.07, 6.45) is 0. The maximum atomic E-state index is 13.4. The average Bonchev–Trinajstić information content (AvgIpc) is 2.72. The summed E-state index contributed by atoms with van der Waals surface area (Å²) in [6.45, 7) is 9.22. The van der Waals surface area contributed by atoms with E-state index in [9.17, 15) is 4.79 Å². The molecule has 3 aromatic carbocycles. The lowest BCUT2D eigenvalue weighted by atomic mass is 10.0. The van der Waals surface area contributed by atoms with Gasteiger partial charge in [0.2, 0.25) is 0 Å². The van der Waals surface area contributed by atoms with E-state index in [4.69, 9.17) is 0 Å². The molecule has 0 heterocycles. The van der Waals surface area contributed by atoms with Crippen LogP contribution in [-0.4, -0.2) is 12.5 Å². The molecule has 1 unspecified atom stereocenters. The lowest BCUT2D eigenvalue weighted by molar-refractivity contribution is -0.117. The predicted molar refractivity (Wildman–Crippen MR) is 123 cm³/mol. The molecule has 1 atom stereocenters. The molecule has 0 radical (unpaired) electrons. The molecule has 1 N–H and O–H groups in total. The molecule has 0 spiro atoms. The molecule has 3 rings (SSSR count). The van der Waals surface area contributed by atoms with Crippen molar-refractivity contribution in [2.45, 2.75) is 39.7 Å². The van der Waals surface area contributed by atoms with Crippen molar-refractivity contribution in [1.82, 2.24) is 0 Å². The quantitative estimate of drug-likeness (QED) is 0.515. The van der Waals surface area contributed by atoms with Crippen LogP contribution in [0, 0.1) is 6.92 Å². The summed E-state index contributed by atoms with van der Waals surface area (Å²) >= 11 is 0. The average molecular weight is 387 g/mol. The summed E-state index contributed by atoms with van der Waals surface area (Å²) in [5.41, 5.74) is 5.29. The Kier molecular flexibility index (Phi) is 6.71. The van der Waals surface area contributed by atoms with Crippen molar-refractivity contribution in [1.29, 1.82) is 0 Å². The minimum Gasteiger partial charge on any atom is -0.356 e. The number of nitrogens with one attached hydrogen (secondary N) is 1. The van der Waals surface area contributed by atoms with Crippen LogP contribution in [0.25, 0.3) is 0 Å². The first-order valence-corrected chi connectivity index (χ1v) is 10.3. The van der Waals surface area contributed by atoms with Gasteiger partial charge in [0.25, 0.3) is 5.91 Å². The Morgan fingerprint density at radius 2 is 1.59 bits per heavy atom. The highest BCUT2D eigenvalue weighted by Gasteiger charge is 2.27. The molecule has 1 amide bonds. The van der Waals surface area contributed by atoms with Gasteiger partial charge >= 0.3 is 0 Å². The fraction of sp³-hybridized carbons (Fsp3) is 0.269. The molecular weight excluding hydrogens is 356 g/mol. The number of aryl methyl sites for hydroxylation is 1. The first-order chi connectivity index (χ1) is 14.0. The molecule has 3 nitrogen and oxygen atoms in total. The summed E-state index contributed by atoms with van der Waals surface area (Å²) in [4.78, 5) is 15.6. The summed E-state index contributed by atoms with van der Waals surface area (Å²) in [7, 11) is 0. The Labute approximate surface area is 174 Å². The summed E-state index contributed by atoms with van der Waals surface area (Å²) in [5.74, 6) is 0.436. The van der Waals surface area contributed by atoms with E-state index in [1.165, 1.54) is 11.1 Å². The third-order valence-corrected chi connectivity index (χ3v) is 5.19. The predicted octanol–water partition coefficient (Wildman–Crippen LogP) is 6.32. The first kappa shape index (κ1) is 20.7. The van der Waals surface area contributed by atoms with Crippen LogP contribution < -0.4 is 10.2 Å². The smallest absolute Gasteiger partial charge is 0.251 e. The molecule has 0 aliphatic heterocycles. The van der Waals surface area contributed by atoms with Gasteiger partial charge in [0.05, 0.1) is 0 Å². The second-order valence-corrected chi connectivity index (χ2v) is 7.70. The molecule has 3 heteroatoms. The number of hydrogen-bond donors (Lipinski definition) is 1. The zero-order chi connectivity index (χ0) is 20.8. The molecule has 0 saturated carbocycles. The maximum Gasteiger partial charge on any atom is 0.251 e. The number of amides is 1. The van der Waals surface area contributed by atoms with E-state index in [-0.39, 0.29) is 5.91 Å². The van der Waals surface area contributed by atoms with Gasteiger partial charge in [-0.2, -0.15) is 0 Å². The lowest BCUT2D eigenvalue weighted by Crippen LogP contribution is -2.37. The third kappa shape index (κ3) is 5.05. The van der Waals surface area contributed by atoms with Crippen molar-refractivity contribution in [3.63, 3.8) is 0 Å². The van der Waals surface area contributed by atoms with Gasteiger partial charge in [-0.3, -0.25) is 4.79 Å². The maximum absolute atomic E-state index is 13.4. The van der Waals surface area contributed by atoms with Crippen molar-refractivity contribution < 1.29 is 4.79 Å². The van der Waals surface area contributed by atoms with Crippen molar-refractivity contribution >= 4 is 17.3 Å². The Hall–Kier alpha value is -3.07. The normalized spacial score (nSPS) is 11.9. The number of benzene rings is 3. The fourth-order valence-corrected chi connectivity index (χ4v) is 3.59. The molecule has 150 valence electrons. The molecule has 0 aliphatic carbocycles. The van der Waals surface area contributed by atoms with E-state index in [1.54, 1.807) is 0 Å². The topological polar surface area (TPSA) is 32.3 Å². The SMILES string of the molecule is CCN(c1cccc(C)c1)C(C(=O)Nc1ccc(C(C)C)cc1)c1ccccc1.